The Morgan fingerprint density at radius 2 is 1.02 bits per heavy atom. The van der Waals surface area contributed by atoms with Crippen molar-refractivity contribution < 1.29 is 4.42 Å². The van der Waals surface area contributed by atoms with E-state index < -0.39 is 0 Å². The predicted molar refractivity (Wildman–Crippen MR) is 207 cm³/mol. The van der Waals surface area contributed by atoms with Crippen molar-refractivity contribution in [2.45, 2.75) is 0 Å². The van der Waals surface area contributed by atoms with Gasteiger partial charge in [0.05, 0.1) is 0 Å². The van der Waals surface area contributed by atoms with Crippen molar-refractivity contribution in [1.29, 1.82) is 0 Å². The van der Waals surface area contributed by atoms with Gasteiger partial charge in [-0.15, -0.1) is 11.3 Å². The van der Waals surface area contributed by atoms with Gasteiger partial charge in [0.1, 0.15) is 5.52 Å². The van der Waals surface area contributed by atoms with Crippen LogP contribution in [0.2, 0.25) is 0 Å². The van der Waals surface area contributed by atoms with Crippen LogP contribution >= 0.6 is 11.3 Å². The van der Waals surface area contributed by atoms with Crippen LogP contribution in [-0.4, -0.2) is 4.98 Å². The largest absolute Gasteiger partial charge is 0.436 e. The van der Waals surface area contributed by atoms with Gasteiger partial charge < -0.3 is 9.32 Å². The number of rotatable bonds is 5. The molecule has 0 atom stereocenters. The van der Waals surface area contributed by atoms with Gasteiger partial charge in [0, 0.05) is 42.8 Å². The van der Waals surface area contributed by atoms with Gasteiger partial charge in [-0.1, -0.05) is 91.0 Å². The number of oxazole rings is 1. The van der Waals surface area contributed by atoms with Gasteiger partial charge in [0.2, 0.25) is 5.89 Å². The zero-order valence-corrected chi connectivity index (χ0v) is 27.2. The first-order chi connectivity index (χ1) is 24.2. The highest BCUT2D eigenvalue weighted by Gasteiger charge is 2.17. The van der Waals surface area contributed by atoms with Gasteiger partial charge in [0.25, 0.3) is 0 Å². The minimum Gasteiger partial charge on any atom is -0.436 e. The van der Waals surface area contributed by atoms with Crippen LogP contribution in [0, 0.1) is 0 Å². The molecule has 0 saturated carbocycles. The molecule has 49 heavy (non-hydrogen) atoms. The van der Waals surface area contributed by atoms with E-state index in [9.17, 15) is 0 Å². The average Bonchev–Trinajstić information content (AvgIpc) is 3.76. The summed E-state index contributed by atoms with van der Waals surface area (Å²) in [6.45, 7) is 0. The third-order valence-electron chi connectivity index (χ3n) is 9.45. The summed E-state index contributed by atoms with van der Waals surface area (Å²) in [6.07, 6.45) is 0. The number of para-hydroxylation sites is 2. The normalized spacial score (nSPS) is 11.7. The fourth-order valence-electron chi connectivity index (χ4n) is 6.97. The molecule has 0 fully saturated rings. The molecule has 0 saturated heterocycles. The summed E-state index contributed by atoms with van der Waals surface area (Å²) in [4.78, 5) is 7.07. The van der Waals surface area contributed by atoms with Gasteiger partial charge in [-0.3, -0.25) is 0 Å². The lowest BCUT2D eigenvalue weighted by molar-refractivity contribution is 0.620. The lowest BCUT2D eigenvalue weighted by atomic mass is 9.98. The van der Waals surface area contributed by atoms with Crippen LogP contribution in [0.25, 0.3) is 75.4 Å². The summed E-state index contributed by atoms with van der Waals surface area (Å²) in [5.74, 6) is 0.624. The van der Waals surface area contributed by atoms with E-state index in [0.717, 1.165) is 33.7 Å². The molecule has 10 aromatic rings. The monoisotopic (exact) mass is 644 g/mol. The Hall–Kier alpha value is -6.23. The van der Waals surface area contributed by atoms with Crippen molar-refractivity contribution in [1.82, 2.24) is 4.98 Å². The SMILES string of the molecule is c1ccc2cc(-c3ccc4cc(N(c5ccc(-c6nc7ccccc7o6)cc5)c5ccc6c(c5)sc5ccccc56)ccc4c3)ccc2c1. The van der Waals surface area contributed by atoms with Crippen LogP contribution in [0.3, 0.4) is 0 Å². The fraction of sp³-hybridized carbons (Fsp3) is 0. The van der Waals surface area contributed by atoms with Crippen molar-refractivity contribution in [3.63, 3.8) is 0 Å². The molecule has 2 aromatic heterocycles. The second kappa shape index (κ2) is 11.2. The predicted octanol–water partition coefficient (Wildman–Crippen LogP) is 13.3. The van der Waals surface area contributed by atoms with Gasteiger partial charge in [-0.2, -0.15) is 0 Å². The molecule has 0 aliphatic heterocycles. The summed E-state index contributed by atoms with van der Waals surface area (Å²) in [5, 5.41) is 7.50. The maximum Gasteiger partial charge on any atom is 0.227 e. The number of fused-ring (bicyclic) bond motifs is 6. The minimum atomic E-state index is 0.624. The summed E-state index contributed by atoms with van der Waals surface area (Å²) in [6, 6.07) is 60.7. The quantitative estimate of drug-likeness (QED) is 0.187. The number of hydrogen-bond acceptors (Lipinski definition) is 4. The Labute approximate surface area is 286 Å². The van der Waals surface area contributed by atoms with Crippen molar-refractivity contribution in [3.05, 3.63) is 170 Å². The molecule has 0 aliphatic rings. The Balaban J connectivity index is 1.08. The lowest BCUT2D eigenvalue weighted by Gasteiger charge is -2.26. The zero-order chi connectivity index (χ0) is 32.3. The highest BCUT2D eigenvalue weighted by atomic mass is 32.1. The molecule has 0 radical (unpaired) electrons. The van der Waals surface area contributed by atoms with Crippen LogP contribution < -0.4 is 4.90 Å². The molecule has 0 unspecified atom stereocenters. The number of aromatic nitrogens is 1. The topological polar surface area (TPSA) is 29.3 Å². The number of nitrogens with zero attached hydrogens (tertiary/aromatic N) is 2. The number of benzene rings is 8. The molecule has 10 rings (SSSR count). The smallest absolute Gasteiger partial charge is 0.227 e. The Bertz CT molecular complexity index is 2810. The first kappa shape index (κ1) is 27.8. The summed E-state index contributed by atoms with van der Waals surface area (Å²) < 4.78 is 8.66. The average molecular weight is 645 g/mol. The van der Waals surface area contributed by atoms with Crippen molar-refractivity contribution in [2.75, 3.05) is 4.90 Å². The van der Waals surface area contributed by atoms with E-state index in [2.05, 4.69) is 150 Å². The van der Waals surface area contributed by atoms with Crippen LogP contribution in [0.4, 0.5) is 17.1 Å². The summed E-state index contributed by atoms with van der Waals surface area (Å²) in [7, 11) is 0. The van der Waals surface area contributed by atoms with Crippen LogP contribution in [0.5, 0.6) is 0 Å². The molecule has 8 aromatic carbocycles. The molecule has 230 valence electrons. The van der Waals surface area contributed by atoms with Crippen molar-refractivity contribution >= 4 is 81.2 Å². The van der Waals surface area contributed by atoms with E-state index in [1.807, 2.05) is 35.6 Å². The third kappa shape index (κ3) is 4.85. The summed E-state index contributed by atoms with van der Waals surface area (Å²) >= 11 is 1.84. The molecule has 0 N–H and O–H groups in total. The Morgan fingerprint density at radius 1 is 0.429 bits per heavy atom. The molecular weight excluding hydrogens is 617 g/mol. The Morgan fingerprint density at radius 3 is 1.88 bits per heavy atom. The number of thiophene rings is 1. The van der Waals surface area contributed by atoms with Crippen LogP contribution in [-0.2, 0) is 0 Å². The van der Waals surface area contributed by atoms with Crippen LogP contribution in [0.15, 0.2) is 174 Å². The van der Waals surface area contributed by atoms with Gasteiger partial charge >= 0.3 is 0 Å². The molecular formula is C45H28N2OS. The highest BCUT2D eigenvalue weighted by Crippen LogP contribution is 2.42. The van der Waals surface area contributed by atoms with E-state index in [1.165, 1.54) is 52.8 Å². The van der Waals surface area contributed by atoms with E-state index in [-0.39, 0.29) is 0 Å². The van der Waals surface area contributed by atoms with E-state index >= 15 is 0 Å². The first-order valence-corrected chi connectivity index (χ1v) is 17.3. The maximum absolute atomic E-state index is 6.09. The molecule has 3 nitrogen and oxygen atoms in total. The molecule has 0 spiro atoms. The Kier molecular flexibility index (Phi) is 6.36. The molecule has 4 heteroatoms. The van der Waals surface area contributed by atoms with Crippen LogP contribution in [0.1, 0.15) is 0 Å². The third-order valence-corrected chi connectivity index (χ3v) is 10.6. The van der Waals surface area contributed by atoms with E-state index in [1.54, 1.807) is 0 Å². The fourth-order valence-corrected chi connectivity index (χ4v) is 8.11. The zero-order valence-electron chi connectivity index (χ0n) is 26.4. The molecule has 2 heterocycles. The van der Waals surface area contributed by atoms with E-state index in [0.29, 0.717) is 5.89 Å². The van der Waals surface area contributed by atoms with Gasteiger partial charge in [-0.05, 0) is 112 Å². The number of anilines is 3. The second-order valence-corrected chi connectivity index (χ2v) is 13.5. The standard InChI is InChI=1S/C45H28N2OS/c1-2-8-31-25-32(14-13-29(31)7-1)33-15-16-35-27-37(22-19-34(35)26-33)47(38-23-24-40-39-9-3-6-12-43(39)49-44(40)28-38)36-20-17-30(18-21-36)45-46-41-10-4-5-11-42(41)48-45/h1-28H. The second-order valence-electron chi connectivity index (χ2n) is 12.5. The highest BCUT2D eigenvalue weighted by molar-refractivity contribution is 7.25. The van der Waals surface area contributed by atoms with Gasteiger partial charge in [-0.25, -0.2) is 4.98 Å². The lowest BCUT2D eigenvalue weighted by Crippen LogP contribution is -2.09. The van der Waals surface area contributed by atoms with Crippen molar-refractivity contribution in [3.8, 4) is 22.6 Å². The minimum absolute atomic E-state index is 0.624. The van der Waals surface area contributed by atoms with E-state index in [4.69, 9.17) is 9.40 Å². The molecule has 0 aliphatic carbocycles. The molecule has 0 amide bonds. The maximum atomic E-state index is 6.09. The van der Waals surface area contributed by atoms with Crippen molar-refractivity contribution in [2.24, 2.45) is 0 Å². The first-order valence-electron chi connectivity index (χ1n) is 16.4. The summed E-state index contributed by atoms with van der Waals surface area (Å²) in [5.41, 5.74) is 8.31. The molecule has 0 bridgehead atoms. The number of hydrogen-bond donors (Lipinski definition) is 0. The van der Waals surface area contributed by atoms with Gasteiger partial charge in [0.15, 0.2) is 5.58 Å².